The maximum Gasteiger partial charge on any atom is 0.105 e. The van der Waals surface area contributed by atoms with Crippen LogP contribution >= 0.6 is 15.9 Å². The van der Waals surface area contributed by atoms with Gasteiger partial charge in [0, 0.05) is 11.0 Å². The van der Waals surface area contributed by atoms with Gasteiger partial charge in [-0.25, -0.2) is 0 Å². The number of hydrogen-bond acceptors (Lipinski definition) is 3. The maximum atomic E-state index is 9.82. The van der Waals surface area contributed by atoms with Crippen LogP contribution in [0.1, 0.15) is 23.7 Å². The van der Waals surface area contributed by atoms with Crippen LogP contribution in [0.2, 0.25) is 0 Å². The van der Waals surface area contributed by atoms with Gasteiger partial charge in [0.05, 0.1) is 6.10 Å². The molecule has 2 unspecified atom stereocenters. The van der Waals surface area contributed by atoms with Crippen LogP contribution in [0.15, 0.2) is 18.2 Å². The minimum absolute atomic E-state index is 0.518. The summed E-state index contributed by atoms with van der Waals surface area (Å²) in [6.07, 6.45) is -1.07. The summed E-state index contributed by atoms with van der Waals surface area (Å²) in [5.41, 5.74) is 7.99. The van der Waals surface area contributed by atoms with Crippen molar-refractivity contribution in [3.63, 3.8) is 0 Å². The third-order valence-corrected chi connectivity index (χ3v) is 2.86. The number of aryl methyl sites for hydroxylation is 1. The minimum Gasteiger partial charge on any atom is -0.399 e. The van der Waals surface area contributed by atoms with Crippen molar-refractivity contribution in [3.8, 4) is 0 Å². The summed E-state index contributed by atoms with van der Waals surface area (Å²) >= 11 is 3.23. The number of aliphatic hydroxyl groups is 2. The first-order valence-corrected chi connectivity index (χ1v) is 5.96. The van der Waals surface area contributed by atoms with Crippen LogP contribution < -0.4 is 5.73 Å². The number of hydrogen-bond donors (Lipinski definition) is 3. The second-order valence-corrected chi connectivity index (χ2v) is 4.40. The minimum atomic E-state index is -0.846. The lowest BCUT2D eigenvalue weighted by Crippen LogP contribution is -2.18. The van der Waals surface area contributed by atoms with Crippen LogP contribution in [-0.4, -0.2) is 21.6 Å². The molecule has 0 spiro atoms. The van der Waals surface area contributed by atoms with Gasteiger partial charge in [-0.2, -0.15) is 0 Å². The predicted molar refractivity (Wildman–Crippen MR) is 65.0 cm³/mol. The molecule has 0 aliphatic carbocycles. The maximum absolute atomic E-state index is 9.82. The van der Waals surface area contributed by atoms with Gasteiger partial charge in [-0.05, 0) is 30.5 Å². The lowest BCUT2D eigenvalue weighted by molar-refractivity contribution is 0.0173. The van der Waals surface area contributed by atoms with Crippen molar-refractivity contribution in [1.82, 2.24) is 0 Å². The van der Waals surface area contributed by atoms with Gasteiger partial charge in [-0.15, -0.1) is 0 Å². The molecule has 0 aromatic heterocycles. The van der Waals surface area contributed by atoms with Crippen molar-refractivity contribution in [1.29, 1.82) is 0 Å². The van der Waals surface area contributed by atoms with Crippen LogP contribution in [0.4, 0.5) is 5.69 Å². The van der Waals surface area contributed by atoms with Gasteiger partial charge in [0.25, 0.3) is 0 Å². The first kappa shape index (κ1) is 12.5. The quantitative estimate of drug-likeness (QED) is 0.579. The highest BCUT2D eigenvalue weighted by atomic mass is 79.9. The first-order chi connectivity index (χ1) is 7.06. The summed E-state index contributed by atoms with van der Waals surface area (Å²) in [6, 6.07) is 5.29. The van der Waals surface area contributed by atoms with E-state index in [0.717, 1.165) is 5.56 Å². The Kier molecular flexibility index (Phi) is 4.57. The van der Waals surface area contributed by atoms with Crippen molar-refractivity contribution in [3.05, 3.63) is 29.3 Å². The second kappa shape index (κ2) is 5.49. The van der Waals surface area contributed by atoms with Crippen LogP contribution in [-0.2, 0) is 0 Å². The van der Waals surface area contributed by atoms with Crippen molar-refractivity contribution in [2.45, 2.75) is 25.6 Å². The summed E-state index contributed by atoms with van der Waals surface area (Å²) < 4.78 is 0. The SMILES string of the molecule is Cc1cc(C(O)C(O)CCBr)ccc1N. The van der Waals surface area contributed by atoms with E-state index in [4.69, 9.17) is 5.73 Å². The van der Waals surface area contributed by atoms with Crippen LogP contribution in [0.3, 0.4) is 0 Å². The monoisotopic (exact) mass is 273 g/mol. The zero-order chi connectivity index (χ0) is 11.4. The van der Waals surface area contributed by atoms with E-state index in [9.17, 15) is 10.2 Å². The predicted octanol–water partition coefficient (Wildman–Crippen LogP) is 1.76. The van der Waals surface area contributed by atoms with E-state index in [-0.39, 0.29) is 0 Å². The smallest absolute Gasteiger partial charge is 0.105 e. The second-order valence-electron chi connectivity index (χ2n) is 3.61. The number of nitrogens with two attached hydrogens (primary N) is 1. The highest BCUT2D eigenvalue weighted by molar-refractivity contribution is 9.09. The van der Waals surface area contributed by atoms with Gasteiger partial charge in [-0.1, -0.05) is 28.1 Å². The fraction of sp³-hybridized carbons (Fsp3) is 0.455. The largest absolute Gasteiger partial charge is 0.399 e. The molecule has 1 aromatic rings. The van der Waals surface area contributed by atoms with Gasteiger partial charge >= 0.3 is 0 Å². The van der Waals surface area contributed by atoms with Crippen molar-refractivity contribution in [2.24, 2.45) is 0 Å². The average Bonchev–Trinajstić information content (AvgIpc) is 2.21. The zero-order valence-electron chi connectivity index (χ0n) is 8.65. The number of nitrogen functional groups attached to an aromatic ring is 1. The molecular formula is C11H16BrNO2. The molecule has 4 N–H and O–H groups in total. The molecule has 15 heavy (non-hydrogen) atoms. The summed E-state index contributed by atoms with van der Waals surface area (Å²) in [7, 11) is 0. The van der Waals surface area contributed by atoms with Crippen molar-refractivity contribution < 1.29 is 10.2 Å². The normalized spacial score (nSPS) is 14.9. The third-order valence-electron chi connectivity index (χ3n) is 2.40. The highest BCUT2D eigenvalue weighted by Gasteiger charge is 2.17. The summed E-state index contributed by atoms with van der Waals surface area (Å²) in [6.45, 7) is 1.88. The van der Waals surface area contributed by atoms with Crippen LogP contribution in [0, 0.1) is 6.92 Å². The Morgan fingerprint density at radius 2 is 2.07 bits per heavy atom. The number of alkyl halides is 1. The fourth-order valence-corrected chi connectivity index (χ4v) is 1.84. The highest BCUT2D eigenvalue weighted by Crippen LogP contribution is 2.22. The van der Waals surface area contributed by atoms with Crippen molar-refractivity contribution >= 4 is 21.6 Å². The first-order valence-electron chi connectivity index (χ1n) is 4.84. The molecular weight excluding hydrogens is 258 g/mol. The van der Waals surface area contributed by atoms with E-state index < -0.39 is 12.2 Å². The molecule has 0 aliphatic heterocycles. The zero-order valence-corrected chi connectivity index (χ0v) is 10.2. The summed E-state index contributed by atoms with van der Waals surface area (Å²) in [5, 5.41) is 20.1. The molecule has 0 heterocycles. The number of aliphatic hydroxyl groups excluding tert-OH is 2. The Morgan fingerprint density at radius 1 is 1.40 bits per heavy atom. The van der Waals surface area contributed by atoms with Crippen LogP contribution in [0.25, 0.3) is 0 Å². The lowest BCUT2D eigenvalue weighted by Gasteiger charge is -2.18. The van der Waals surface area contributed by atoms with Gasteiger partial charge in [0.15, 0.2) is 0 Å². The topological polar surface area (TPSA) is 66.5 Å². The Morgan fingerprint density at radius 3 is 2.60 bits per heavy atom. The van der Waals surface area contributed by atoms with E-state index in [1.165, 1.54) is 0 Å². The molecule has 0 fully saturated rings. The standard InChI is InChI=1S/C11H16BrNO2/c1-7-6-8(2-3-9(7)13)11(15)10(14)4-5-12/h2-3,6,10-11,14-15H,4-5,13H2,1H3. The van der Waals surface area contributed by atoms with Gasteiger partial charge < -0.3 is 15.9 Å². The molecule has 0 aliphatic rings. The Hall–Kier alpha value is -0.580. The molecule has 0 bridgehead atoms. The molecule has 4 heteroatoms. The van der Waals surface area contributed by atoms with Gasteiger partial charge in [0.2, 0.25) is 0 Å². The van der Waals surface area contributed by atoms with Crippen molar-refractivity contribution in [2.75, 3.05) is 11.1 Å². The Bertz CT molecular complexity index is 330. The Balaban J connectivity index is 2.81. The molecule has 0 amide bonds. The number of benzene rings is 1. The summed E-state index contributed by atoms with van der Waals surface area (Å²) in [5.74, 6) is 0. The molecule has 2 atom stereocenters. The lowest BCUT2D eigenvalue weighted by atomic mass is 10.0. The molecule has 0 radical (unpaired) electrons. The molecule has 3 nitrogen and oxygen atoms in total. The summed E-state index contributed by atoms with van der Waals surface area (Å²) in [4.78, 5) is 0. The van der Waals surface area contributed by atoms with Gasteiger partial charge in [0.1, 0.15) is 6.10 Å². The van der Waals surface area contributed by atoms with Crippen LogP contribution in [0.5, 0.6) is 0 Å². The van der Waals surface area contributed by atoms with E-state index in [1.807, 2.05) is 6.92 Å². The molecule has 0 saturated carbocycles. The fourth-order valence-electron chi connectivity index (χ4n) is 1.37. The molecule has 0 saturated heterocycles. The van der Waals surface area contributed by atoms with E-state index in [2.05, 4.69) is 15.9 Å². The number of rotatable bonds is 4. The molecule has 84 valence electrons. The number of anilines is 1. The molecule has 1 rings (SSSR count). The van der Waals surface area contributed by atoms with E-state index in [1.54, 1.807) is 18.2 Å². The Labute approximate surface area is 98.1 Å². The third kappa shape index (κ3) is 3.19. The average molecular weight is 274 g/mol. The van der Waals surface area contributed by atoms with E-state index >= 15 is 0 Å². The van der Waals surface area contributed by atoms with Gasteiger partial charge in [-0.3, -0.25) is 0 Å². The van der Waals surface area contributed by atoms with E-state index in [0.29, 0.717) is 23.0 Å². The molecule has 1 aromatic carbocycles. The number of halogens is 1.